The maximum absolute atomic E-state index is 11.6. The molecule has 4 aliphatic carbocycles. The number of aryl methyl sites for hydroxylation is 4. The van der Waals surface area contributed by atoms with Crippen LogP contribution in [0.25, 0.3) is 0 Å². The van der Waals surface area contributed by atoms with Gasteiger partial charge < -0.3 is 69.6 Å². The summed E-state index contributed by atoms with van der Waals surface area (Å²) in [6, 6.07) is 21.9. The van der Waals surface area contributed by atoms with Crippen molar-refractivity contribution in [2.45, 2.75) is 251 Å². The minimum Gasteiger partial charge on any atom is -0.508 e. The zero-order valence-electron chi connectivity index (χ0n) is 62.2. The Morgan fingerprint density at radius 2 is 0.770 bits per heavy atom. The largest absolute Gasteiger partial charge is 0.508 e. The Hall–Kier alpha value is -5.69. The summed E-state index contributed by atoms with van der Waals surface area (Å²) in [6.07, 6.45) is 28.9. The van der Waals surface area contributed by atoms with E-state index in [0.29, 0.717) is 57.0 Å². The van der Waals surface area contributed by atoms with Gasteiger partial charge in [-0.2, -0.15) is 0 Å². The third-order valence-corrected chi connectivity index (χ3v) is 16.3. The molecule has 17 nitrogen and oxygen atoms in total. The highest BCUT2D eigenvalue weighted by Gasteiger charge is 2.19. The van der Waals surface area contributed by atoms with Crippen molar-refractivity contribution in [3.63, 3.8) is 0 Å². The molecule has 0 unspecified atom stereocenters. The van der Waals surface area contributed by atoms with Crippen molar-refractivity contribution in [3.05, 3.63) is 95.1 Å². The summed E-state index contributed by atoms with van der Waals surface area (Å²) in [6.45, 7) is 29.5. The molecular formula is C80H136BrCl2N3O14. The maximum atomic E-state index is 11.6. The second-order valence-electron chi connectivity index (χ2n) is 27.4. The maximum Gasteiger partial charge on any atom is 0.407 e. The molecular weight excluding hydrogens is 1380 g/mol. The van der Waals surface area contributed by atoms with E-state index in [4.69, 9.17) is 49.1 Å². The molecule has 0 aliphatic heterocycles. The number of phenolic OH excluding ortho intramolecular Hbond substituents is 3. The lowest BCUT2D eigenvalue weighted by molar-refractivity contribution is -0.140. The molecule has 2 amide bonds. The predicted molar refractivity (Wildman–Crippen MR) is 420 cm³/mol. The van der Waals surface area contributed by atoms with Crippen molar-refractivity contribution in [1.29, 1.82) is 0 Å². The van der Waals surface area contributed by atoms with Crippen LogP contribution in [0.2, 0.25) is 0 Å². The van der Waals surface area contributed by atoms with Gasteiger partial charge in [0.1, 0.15) is 70.4 Å². The van der Waals surface area contributed by atoms with E-state index in [1.807, 2.05) is 98.7 Å². The van der Waals surface area contributed by atoms with Gasteiger partial charge in [-0.25, -0.2) is 9.59 Å². The molecule has 20 heteroatoms. The van der Waals surface area contributed by atoms with Crippen LogP contribution < -0.4 is 40.1 Å². The van der Waals surface area contributed by atoms with Gasteiger partial charge in [0.25, 0.3) is 0 Å². The number of halogens is 3. The van der Waals surface area contributed by atoms with Crippen LogP contribution in [0.3, 0.4) is 0 Å². The minimum absolute atomic E-state index is 0. The van der Waals surface area contributed by atoms with Gasteiger partial charge in [-0.05, 0) is 228 Å². The Morgan fingerprint density at radius 1 is 0.470 bits per heavy atom. The van der Waals surface area contributed by atoms with E-state index in [-0.39, 0.29) is 50.8 Å². The fraction of sp³-hybridized carbons (Fsp3) is 0.662. The first-order chi connectivity index (χ1) is 46.2. The van der Waals surface area contributed by atoms with Crippen molar-refractivity contribution in [3.8, 4) is 46.0 Å². The van der Waals surface area contributed by atoms with Crippen molar-refractivity contribution < 1.29 is 67.6 Å². The first-order valence-corrected chi connectivity index (χ1v) is 37.4. The van der Waals surface area contributed by atoms with Crippen LogP contribution in [-0.2, 0) is 19.0 Å². The number of nitrogens with two attached hydrogens (primary N) is 1. The fourth-order valence-corrected chi connectivity index (χ4v) is 11.6. The highest BCUT2D eigenvalue weighted by molar-refractivity contribution is 9.09. The molecule has 0 bridgehead atoms. The SMILES string of the molecule is BrCC1CCCCC1.C.C.CCCNC(=O)OC(C)(C)C.CCOC(C)=O.CCl.Cc1cc(O)cc(O)c1.Cc1cc(O)cc(OCC2CCCCC2)c1.Cc1cc(OCCN)cc(OCC2CCCCC2)c1.Cc1cc(OCCNC(=O)OC(C)(C)C)cc(OCC2CCCCC2)c1.Cl. The molecule has 4 fully saturated rings. The fourth-order valence-electron chi connectivity index (χ4n) is 10.9. The molecule has 0 aromatic heterocycles. The molecule has 4 aromatic rings. The summed E-state index contributed by atoms with van der Waals surface area (Å²) in [5.41, 5.74) is 8.72. The monoisotopic (exact) mass is 1510 g/mol. The number of alkyl carbamates (subject to hydrolysis) is 2. The van der Waals surface area contributed by atoms with Crippen LogP contribution in [-0.4, -0.2) is 116 Å². The summed E-state index contributed by atoms with van der Waals surface area (Å²) >= 11 is 8.15. The van der Waals surface area contributed by atoms with Gasteiger partial charge in [-0.1, -0.05) is 115 Å². The van der Waals surface area contributed by atoms with E-state index in [1.165, 1.54) is 153 Å². The first-order valence-electron chi connectivity index (χ1n) is 35.6. The molecule has 0 spiro atoms. The van der Waals surface area contributed by atoms with Crippen LogP contribution >= 0.6 is 39.9 Å². The molecule has 4 aliphatic rings. The normalized spacial score (nSPS) is 14.3. The lowest BCUT2D eigenvalue weighted by Gasteiger charge is -2.22. The van der Waals surface area contributed by atoms with E-state index < -0.39 is 17.3 Å². The van der Waals surface area contributed by atoms with Crippen molar-refractivity contribution in [1.82, 2.24) is 10.6 Å². The average molecular weight is 1510 g/mol. The average Bonchev–Trinajstić information content (AvgIpc) is 0.903. The summed E-state index contributed by atoms with van der Waals surface area (Å²) in [4.78, 5) is 32.3. The number of esters is 1. The number of phenols is 3. The van der Waals surface area contributed by atoms with Crippen LogP contribution in [0.15, 0.2) is 72.8 Å². The Bertz CT molecular complexity index is 2630. The lowest BCUT2D eigenvalue weighted by Crippen LogP contribution is -2.34. The number of nitrogens with one attached hydrogen (secondary N) is 2. The van der Waals surface area contributed by atoms with Crippen LogP contribution in [0.5, 0.6) is 46.0 Å². The van der Waals surface area contributed by atoms with Crippen molar-refractivity contribution in [2.24, 2.45) is 29.4 Å². The summed E-state index contributed by atoms with van der Waals surface area (Å²) < 4.78 is 43.6. The number of carbonyl (C=O) groups excluding carboxylic acids is 3. The van der Waals surface area contributed by atoms with Gasteiger partial charge in [-0.3, -0.25) is 4.79 Å². The summed E-state index contributed by atoms with van der Waals surface area (Å²) in [5, 5.41) is 33.7. The second-order valence-corrected chi connectivity index (χ2v) is 28.0. The van der Waals surface area contributed by atoms with Crippen LogP contribution in [0.4, 0.5) is 9.59 Å². The molecule has 0 saturated heterocycles. The standard InChI is InChI=1S/C21H33NO4.C16H25NO2.C14H20O2.C8H17NO2.C7H13Br.C7H8O2.C4H8O2.CH3Cl.2CH4.ClH/c1-16-12-18(24-11-10-22-20(23)26-21(2,3)4)14-19(13-16)25-15-17-8-6-5-7-9-17;1-13-9-15(18-8-7-17)11-16(10-13)19-12-14-5-3-2-4-6-14;1-11-7-13(15)9-14(8-11)16-10-12-5-3-2-4-6-12;1-5-6-9-7(10)11-8(2,3)4;8-6-7-4-2-1-3-5-7;1-5-2-6(8)4-7(9)3-5;1-3-6-4(2)5;1-2;;;/h12-14,17H,5-11,15H2,1-4H3,(H,22,23);9-11,14H,2-8,12,17H2,1H3;7-9,12,15H,2-6,10H2,1H3;5-6H2,1-4H3,(H,9,10);7H,1-6H2;2-4,8-9H,1H3;3H2,1-2H3;1H3;2*1H4;1H. The van der Waals surface area contributed by atoms with Gasteiger partial charge in [-0.15, -0.1) is 24.0 Å². The zero-order chi connectivity index (χ0) is 72.4. The van der Waals surface area contributed by atoms with E-state index >= 15 is 0 Å². The van der Waals surface area contributed by atoms with Gasteiger partial charge in [0.2, 0.25) is 0 Å². The minimum atomic E-state index is -0.494. The Balaban J connectivity index is -0.00000114. The summed E-state index contributed by atoms with van der Waals surface area (Å²) in [5.74, 6) is 7.57. The van der Waals surface area contributed by atoms with Crippen LogP contribution in [0, 0.1) is 51.4 Å². The zero-order valence-corrected chi connectivity index (χ0v) is 65.4. The van der Waals surface area contributed by atoms with Gasteiger partial charge in [0.05, 0.1) is 33.0 Å². The predicted octanol–water partition coefficient (Wildman–Crippen LogP) is 21.2. The Kier molecular flexibility index (Phi) is 57.9. The highest BCUT2D eigenvalue weighted by Crippen LogP contribution is 2.31. The molecule has 0 heterocycles. The third kappa shape index (κ3) is 54.1. The number of amides is 2. The Morgan fingerprint density at radius 3 is 1.05 bits per heavy atom. The van der Waals surface area contributed by atoms with Gasteiger partial charge in [0, 0.05) is 56.0 Å². The molecule has 4 saturated carbocycles. The third-order valence-electron chi connectivity index (χ3n) is 15.4. The number of rotatable bonds is 20. The topological polar surface area (TPSA) is 236 Å². The molecule has 7 N–H and O–H groups in total. The molecule has 100 heavy (non-hydrogen) atoms. The number of carbonyl (C=O) groups is 3. The number of ether oxygens (including phenoxy) is 8. The number of aromatic hydroxyl groups is 3. The second kappa shape index (κ2) is 58.8. The molecule has 0 atom stereocenters. The quantitative estimate of drug-likeness (QED) is 0.0209. The highest BCUT2D eigenvalue weighted by atomic mass is 79.9. The van der Waals surface area contributed by atoms with E-state index in [9.17, 15) is 19.5 Å². The Labute approximate surface area is 625 Å². The lowest BCUT2D eigenvalue weighted by atomic mass is 9.90. The van der Waals surface area contributed by atoms with Crippen molar-refractivity contribution in [2.75, 3.05) is 71.0 Å². The van der Waals surface area contributed by atoms with Gasteiger partial charge >= 0.3 is 18.2 Å². The molecule has 576 valence electrons. The molecule has 0 radical (unpaired) electrons. The molecule has 8 rings (SSSR count). The van der Waals surface area contributed by atoms with Gasteiger partial charge in [0.15, 0.2) is 0 Å². The summed E-state index contributed by atoms with van der Waals surface area (Å²) in [7, 11) is 0. The number of alkyl halides is 2. The number of benzene rings is 4. The smallest absolute Gasteiger partial charge is 0.407 e. The molecule has 4 aromatic carbocycles. The van der Waals surface area contributed by atoms with Crippen molar-refractivity contribution >= 4 is 58.1 Å². The van der Waals surface area contributed by atoms with Crippen LogP contribution in [0.1, 0.15) is 234 Å². The first kappa shape index (κ1) is 98.5. The number of hydrogen-bond acceptors (Lipinski definition) is 15. The van der Waals surface area contributed by atoms with E-state index in [1.54, 1.807) is 38.1 Å². The van der Waals surface area contributed by atoms with E-state index in [2.05, 4.69) is 55.9 Å². The van der Waals surface area contributed by atoms with E-state index in [0.717, 1.165) is 89.1 Å². The number of hydrogen-bond donors (Lipinski definition) is 6.